The first-order chi connectivity index (χ1) is 10.8. The summed E-state index contributed by atoms with van der Waals surface area (Å²) in [5.41, 5.74) is 3.33. The number of nitrogens with one attached hydrogen (secondary N) is 1. The molecule has 0 radical (unpaired) electrons. The Bertz CT molecular complexity index is 576. The third kappa shape index (κ3) is 4.40. The highest BCUT2D eigenvalue weighted by atomic mass is 16.5. The molecule has 0 aliphatic carbocycles. The van der Waals surface area contributed by atoms with Crippen LogP contribution in [-0.2, 0) is 17.9 Å². The number of hydrogen-bond acceptors (Lipinski definition) is 4. The van der Waals surface area contributed by atoms with Crippen LogP contribution in [0.3, 0.4) is 0 Å². The molecule has 0 saturated heterocycles. The molecule has 0 heterocycles. The molecule has 0 amide bonds. The van der Waals surface area contributed by atoms with Crippen LogP contribution >= 0.6 is 0 Å². The van der Waals surface area contributed by atoms with Crippen LogP contribution in [0.25, 0.3) is 0 Å². The highest BCUT2D eigenvalue weighted by molar-refractivity contribution is 5.51. The third-order valence-corrected chi connectivity index (χ3v) is 3.37. The zero-order chi connectivity index (χ0) is 15.8. The number of hydrogen-bond donors (Lipinski definition) is 1. The monoisotopic (exact) mass is 301 g/mol. The van der Waals surface area contributed by atoms with Crippen LogP contribution in [-0.4, -0.2) is 20.8 Å². The Hall–Kier alpha value is -2.20. The van der Waals surface area contributed by atoms with Crippen LogP contribution in [0.15, 0.2) is 42.5 Å². The minimum atomic E-state index is 0.612. The quantitative estimate of drug-likeness (QED) is 0.804. The first kappa shape index (κ1) is 16.2. The van der Waals surface area contributed by atoms with E-state index < -0.39 is 0 Å². The second-order valence-corrected chi connectivity index (χ2v) is 4.87. The second-order valence-electron chi connectivity index (χ2n) is 4.87. The van der Waals surface area contributed by atoms with Crippen molar-refractivity contribution in [3.8, 4) is 11.5 Å². The minimum absolute atomic E-state index is 0.612. The normalized spacial score (nSPS) is 10.3. The van der Waals surface area contributed by atoms with Gasteiger partial charge in [0.1, 0.15) is 11.5 Å². The lowest BCUT2D eigenvalue weighted by molar-refractivity contribution is 0.134. The summed E-state index contributed by atoms with van der Waals surface area (Å²) in [6, 6.07) is 14.0. The van der Waals surface area contributed by atoms with E-state index in [0.717, 1.165) is 28.3 Å². The van der Waals surface area contributed by atoms with Crippen molar-refractivity contribution in [2.45, 2.75) is 20.1 Å². The van der Waals surface area contributed by atoms with Crippen molar-refractivity contribution < 1.29 is 14.2 Å². The average Bonchev–Trinajstić information content (AvgIpc) is 2.58. The number of ether oxygens (including phenoxy) is 3. The van der Waals surface area contributed by atoms with Crippen LogP contribution in [0.5, 0.6) is 11.5 Å². The molecule has 118 valence electrons. The molecule has 0 aliphatic rings. The molecule has 1 N–H and O–H groups in total. The van der Waals surface area contributed by atoms with Crippen molar-refractivity contribution >= 4 is 5.69 Å². The molecule has 22 heavy (non-hydrogen) atoms. The van der Waals surface area contributed by atoms with E-state index in [1.807, 2.05) is 37.3 Å². The minimum Gasteiger partial charge on any atom is -0.497 e. The molecule has 0 spiro atoms. The molecule has 0 atom stereocenters. The Morgan fingerprint density at radius 2 is 1.64 bits per heavy atom. The molecule has 2 rings (SSSR count). The number of rotatable bonds is 8. The summed E-state index contributed by atoms with van der Waals surface area (Å²) < 4.78 is 16.1. The van der Waals surface area contributed by atoms with E-state index >= 15 is 0 Å². The van der Waals surface area contributed by atoms with Crippen molar-refractivity contribution in [1.82, 2.24) is 0 Å². The Labute approximate surface area is 132 Å². The molecule has 0 aromatic heterocycles. The maximum atomic E-state index is 5.51. The molecule has 4 heteroatoms. The van der Waals surface area contributed by atoms with E-state index in [4.69, 9.17) is 14.2 Å². The highest BCUT2D eigenvalue weighted by Crippen LogP contribution is 2.24. The van der Waals surface area contributed by atoms with E-state index in [9.17, 15) is 0 Å². The fourth-order valence-electron chi connectivity index (χ4n) is 2.20. The van der Waals surface area contributed by atoms with Gasteiger partial charge >= 0.3 is 0 Å². The van der Waals surface area contributed by atoms with Crippen LogP contribution < -0.4 is 14.8 Å². The van der Waals surface area contributed by atoms with E-state index in [2.05, 4.69) is 17.4 Å². The van der Waals surface area contributed by atoms with Gasteiger partial charge in [-0.2, -0.15) is 0 Å². The Kier molecular flexibility index (Phi) is 6.10. The third-order valence-electron chi connectivity index (χ3n) is 3.37. The first-order valence-corrected chi connectivity index (χ1v) is 7.38. The summed E-state index contributed by atoms with van der Waals surface area (Å²) in [7, 11) is 3.31. The molecular formula is C18H23NO3. The van der Waals surface area contributed by atoms with Gasteiger partial charge in [-0.05, 0) is 30.7 Å². The molecule has 0 aliphatic heterocycles. The van der Waals surface area contributed by atoms with Gasteiger partial charge in [-0.1, -0.05) is 18.2 Å². The summed E-state index contributed by atoms with van der Waals surface area (Å²) in [5.74, 6) is 1.58. The molecule has 2 aromatic rings. The topological polar surface area (TPSA) is 39.7 Å². The van der Waals surface area contributed by atoms with Gasteiger partial charge in [-0.3, -0.25) is 0 Å². The van der Waals surface area contributed by atoms with Gasteiger partial charge in [-0.15, -0.1) is 0 Å². The number of benzene rings is 2. The molecule has 4 nitrogen and oxygen atoms in total. The average molecular weight is 301 g/mol. The SMILES string of the molecule is CCOCc1ccccc1NCc1cc(OC)cc(OC)c1. The highest BCUT2D eigenvalue weighted by Gasteiger charge is 2.04. The molecule has 0 unspecified atom stereocenters. The Morgan fingerprint density at radius 1 is 0.955 bits per heavy atom. The van der Waals surface area contributed by atoms with Gasteiger partial charge in [0.15, 0.2) is 0 Å². The Balaban J connectivity index is 2.09. The first-order valence-electron chi connectivity index (χ1n) is 7.38. The largest absolute Gasteiger partial charge is 0.497 e. The standard InChI is InChI=1S/C18H23NO3/c1-4-22-13-15-7-5-6-8-18(15)19-12-14-9-16(20-2)11-17(10-14)21-3/h5-11,19H,4,12-13H2,1-3H3. The number of methoxy groups -OCH3 is 2. The summed E-state index contributed by atoms with van der Waals surface area (Å²) in [4.78, 5) is 0. The summed E-state index contributed by atoms with van der Waals surface area (Å²) in [5, 5.41) is 3.45. The smallest absolute Gasteiger partial charge is 0.122 e. The zero-order valence-corrected chi connectivity index (χ0v) is 13.4. The maximum absolute atomic E-state index is 5.51. The van der Waals surface area contributed by atoms with Gasteiger partial charge < -0.3 is 19.5 Å². The van der Waals surface area contributed by atoms with E-state index in [1.54, 1.807) is 14.2 Å². The molecule has 2 aromatic carbocycles. The lowest BCUT2D eigenvalue weighted by Gasteiger charge is -2.13. The lowest BCUT2D eigenvalue weighted by Crippen LogP contribution is -2.04. The fourth-order valence-corrected chi connectivity index (χ4v) is 2.20. The maximum Gasteiger partial charge on any atom is 0.122 e. The molecular weight excluding hydrogens is 278 g/mol. The Morgan fingerprint density at radius 3 is 2.27 bits per heavy atom. The molecule has 0 saturated carbocycles. The van der Waals surface area contributed by atoms with Gasteiger partial charge in [-0.25, -0.2) is 0 Å². The van der Waals surface area contributed by atoms with Crippen molar-refractivity contribution in [2.24, 2.45) is 0 Å². The van der Waals surface area contributed by atoms with Crippen LogP contribution in [0.4, 0.5) is 5.69 Å². The summed E-state index contributed by atoms with van der Waals surface area (Å²) in [6.07, 6.45) is 0. The van der Waals surface area contributed by atoms with Gasteiger partial charge in [0.25, 0.3) is 0 Å². The van der Waals surface area contributed by atoms with Crippen LogP contribution in [0.1, 0.15) is 18.1 Å². The van der Waals surface area contributed by atoms with Crippen LogP contribution in [0.2, 0.25) is 0 Å². The van der Waals surface area contributed by atoms with E-state index in [0.29, 0.717) is 19.8 Å². The second kappa shape index (κ2) is 8.29. The van der Waals surface area contributed by atoms with Gasteiger partial charge in [0, 0.05) is 30.5 Å². The van der Waals surface area contributed by atoms with Crippen molar-refractivity contribution in [1.29, 1.82) is 0 Å². The van der Waals surface area contributed by atoms with Crippen LogP contribution in [0, 0.1) is 0 Å². The van der Waals surface area contributed by atoms with E-state index in [-0.39, 0.29) is 0 Å². The summed E-state index contributed by atoms with van der Waals surface area (Å²) in [6.45, 7) is 4.01. The predicted octanol–water partition coefficient (Wildman–Crippen LogP) is 3.85. The number of anilines is 1. The number of para-hydroxylation sites is 1. The lowest BCUT2D eigenvalue weighted by atomic mass is 10.1. The van der Waals surface area contributed by atoms with Gasteiger partial charge in [0.05, 0.1) is 20.8 Å². The zero-order valence-electron chi connectivity index (χ0n) is 13.4. The van der Waals surface area contributed by atoms with Gasteiger partial charge in [0.2, 0.25) is 0 Å². The van der Waals surface area contributed by atoms with Crippen molar-refractivity contribution in [2.75, 3.05) is 26.1 Å². The van der Waals surface area contributed by atoms with Crippen molar-refractivity contribution in [3.05, 3.63) is 53.6 Å². The fraction of sp³-hybridized carbons (Fsp3) is 0.333. The van der Waals surface area contributed by atoms with E-state index in [1.165, 1.54) is 0 Å². The van der Waals surface area contributed by atoms with Crippen molar-refractivity contribution in [3.63, 3.8) is 0 Å². The predicted molar refractivity (Wildman–Crippen MR) is 88.6 cm³/mol. The molecule has 0 fully saturated rings. The summed E-state index contributed by atoms with van der Waals surface area (Å²) >= 11 is 0. The molecule has 0 bridgehead atoms.